The number of fused-ring (bicyclic) bond motifs is 1. The molecule has 2 unspecified atom stereocenters. The van der Waals surface area contributed by atoms with Crippen molar-refractivity contribution < 1.29 is 9.53 Å². The van der Waals surface area contributed by atoms with Crippen LogP contribution in [0.15, 0.2) is 24.3 Å². The fraction of sp³-hybridized carbons (Fsp3) is 0.632. The summed E-state index contributed by atoms with van der Waals surface area (Å²) in [6, 6.07) is 9.79. The summed E-state index contributed by atoms with van der Waals surface area (Å²) in [5.41, 5.74) is 2.91. The number of carbonyl (C=O) groups is 1. The van der Waals surface area contributed by atoms with E-state index in [4.69, 9.17) is 4.74 Å². The molecule has 1 saturated carbocycles. The highest BCUT2D eigenvalue weighted by Crippen LogP contribution is 2.41. The van der Waals surface area contributed by atoms with Gasteiger partial charge in [0.15, 0.2) is 0 Å². The van der Waals surface area contributed by atoms with Gasteiger partial charge in [-0.3, -0.25) is 9.69 Å². The van der Waals surface area contributed by atoms with E-state index in [-0.39, 0.29) is 12.0 Å². The lowest BCUT2D eigenvalue weighted by Gasteiger charge is -2.35. The maximum Gasteiger partial charge on any atom is 0.236 e. The minimum Gasteiger partial charge on any atom is -0.375 e. The Morgan fingerprint density at radius 3 is 2.91 bits per heavy atom. The molecule has 2 aliphatic carbocycles. The second-order valence-electron chi connectivity index (χ2n) is 7.18. The normalized spacial score (nSPS) is 27.3. The van der Waals surface area contributed by atoms with Crippen molar-refractivity contribution in [1.82, 2.24) is 9.80 Å². The van der Waals surface area contributed by atoms with Gasteiger partial charge in [0.2, 0.25) is 5.91 Å². The zero-order chi connectivity index (χ0) is 15.8. The van der Waals surface area contributed by atoms with Crippen LogP contribution in [-0.2, 0) is 16.0 Å². The molecule has 2 fully saturated rings. The molecule has 4 heteroatoms. The number of aryl methyl sites for hydroxylation is 1. The van der Waals surface area contributed by atoms with E-state index < -0.39 is 0 Å². The summed E-state index contributed by atoms with van der Waals surface area (Å²) in [5.74, 6) is 0.274. The van der Waals surface area contributed by atoms with Crippen LogP contribution >= 0.6 is 0 Å². The molecule has 4 rings (SSSR count). The van der Waals surface area contributed by atoms with Crippen molar-refractivity contribution in [1.29, 1.82) is 0 Å². The van der Waals surface area contributed by atoms with Gasteiger partial charge in [-0.1, -0.05) is 24.3 Å². The Bertz CT molecular complexity index is 584. The van der Waals surface area contributed by atoms with Crippen molar-refractivity contribution in [2.45, 2.75) is 50.8 Å². The van der Waals surface area contributed by atoms with E-state index in [1.54, 1.807) is 0 Å². The van der Waals surface area contributed by atoms with Gasteiger partial charge < -0.3 is 9.64 Å². The largest absolute Gasteiger partial charge is 0.375 e. The van der Waals surface area contributed by atoms with Crippen LogP contribution in [0.2, 0.25) is 0 Å². The second-order valence-corrected chi connectivity index (χ2v) is 7.18. The first-order chi connectivity index (χ1) is 11.2. The van der Waals surface area contributed by atoms with Crippen LogP contribution < -0.4 is 0 Å². The van der Waals surface area contributed by atoms with Gasteiger partial charge >= 0.3 is 0 Å². The molecule has 0 N–H and O–H groups in total. The molecule has 124 valence electrons. The molecule has 0 aromatic heterocycles. The monoisotopic (exact) mass is 314 g/mol. The maximum atomic E-state index is 12.8. The average Bonchev–Trinajstić information content (AvgIpc) is 3.32. The lowest BCUT2D eigenvalue weighted by molar-refractivity contribution is -0.140. The van der Waals surface area contributed by atoms with Crippen molar-refractivity contribution in [2.75, 3.05) is 26.2 Å². The van der Waals surface area contributed by atoms with Gasteiger partial charge in [0.05, 0.1) is 19.3 Å². The highest BCUT2D eigenvalue weighted by Gasteiger charge is 2.39. The number of nitrogens with zero attached hydrogens (tertiary/aromatic N) is 2. The lowest BCUT2D eigenvalue weighted by Crippen LogP contribution is -2.49. The molecule has 0 radical (unpaired) electrons. The first kappa shape index (κ1) is 15.2. The first-order valence-electron chi connectivity index (χ1n) is 8.95. The summed E-state index contributed by atoms with van der Waals surface area (Å²) in [6.45, 7) is 4.76. The molecular weight excluding hydrogens is 288 g/mol. The van der Waals surface area contributed by atoms with E-state index in [0.29, 0.717) is 25.2 Å². The summed E-state index contributed by atoms with van der Waals surface area (Å²) in [4.78, 5) is 17.3. The molecule has 1 heterocycles. The van der Waals surface area contributed by atoms with Crippen molar-refractivity contribution in [3.8, 4) is 0 Å². The highest BCUT2D eigenvalue weighted by atomic mass is 16.5. The number of rotatable bonds is 4. The molecule has 1 aliphatic heterocycles. The van der Waals surface area contributed by atoms with Crippen molar-refractivity contribution in [3.63, 3.8) is 0 Å². The van der Waals surface area contributed by atoms with Gasteiger partial charge in [0, 0.05) is 25.2 Å². The third-order valence-corrected chi connectivity index (χ3v) is 5.43. The molecule has 0 spiro atoms. The van der Waals surface area contributed by atoms with E-state index in [0.717, 1.165) is 25.9 Å². The lowest BCUT2D eigenvalue weighted by atomic mass is 10.1. The number of hydrogen-bond acceptors (Lipinski definition) is 3. The summed E-state index contributed by atoms with van der Waals surface area (Å²) >= 11 is 0. The van der Waals surface area contributed by atoms with E-state index in [2.05, 4.69) is 29.2 Å². The number of amides is 1. The molecule has 3 aliphatic rings. The van der Waals surface area contributed by atoms with Gasteiger partial charge in [-0.05, 0) is 43.7 Å². The van der Waals surface area contributed by atoms with Crippen molar-refractivity contribution >= 4 is 5.91 Å². The van der Waals surface area contributed by atoms with Crippen molar-refractivity contribution in [2.24, 2.45) is 0 Å². The van der Waals surface area contributed by atoms with Crippen LogP contribution in [0.4, 0.5) is 0 Å². The predicted octanol–water partition coefficient (Wildman–Crippen LogP) is 2.39. The number of benzene rings is 1. The predicted molar refractivity (Wildman–Crippen MR) is 89.2 cm³/mol. The number of hydrogen-bond donors (Lipinski definition) is 0. The van der Waals surface area contributed by atoms with Crippen LogP contribution in [-0.4, -0.2) is 54.1 Å². The Labute approximate surface area is 138 Å². The fourth-order valence-electron chi connectivity index (χ4n) is 4.08. The van der Waals surface area contributed by atoms with Crippen LogP contribution in [0.25, 0.3) is 0 Å². The molecule has 0 bridgehead atoms. The minimum atomic E-state index is 0.161. The molecule has 1 aromatic carbocycles. The number of ether oxygens (including phenoxy) is 1. The number of morpholine rings is 1. The second kappa shape index (κ2) is 6.25. The Kier molecular flexibility index (Phi) is 4.12. The molecule has 1 amide bonds. The molecule has 1 saturated heterocycles. The first-order valence-corrected chi connectivity index (χ1v) is 8.95. The standard InChI is InChI=1S/C19H26N2O2/c1-14-12-20(10-11-23-14)19(22)13-21(16-7-8-16)18-9-6-15-4-2-3-5-17(15)18/h2-5,14,16,18H,6-13H2,1H3. The smallest absolute Gasteiger partial charge is 0.236 e. The van der Waals surface area contributed by atoms with E-state index in [1.807, 2.05) is 11.8 Å². The SMILES string of the molecule is CC1CN(C(=O)CN(C2CC2)C2CCc3ccccc32)CCO1. The van der Waals surface area contributed by atoms with E-state index in [9.17, 15) is 4.79 Å². The fourth-order valence-corrected chi connectivity index (χ4v) is 4.08. The molecule has 23 heavy (non-hydrogen) atoms. The Morgan fingerprint density at radius 1 is 1.30 bits per heavy atom. The van der Waals surface area contributed by atoms with Gasteiger partial charge in [0.1, 0.15) is 0 Å². The third kappa shape index (κ3) is 3.15. The zero-order valence-electron chi connectivity index (χ0n) is 13.9. The molecular formula is C19H26N2O2. The van der Waals surface area contributed by atoms with Gasteiger partial charge in [-0.2, -0.15) is 0 Å². The highest BCUT2D eigenvalue weighted by molar-refractivity contribution is 5.78. The van der Waals surface area contributed by atoms with Crippen LogP contribution in [0.5, 0.6) is 0 Å². The van der Waals surface area contributed by atoms with Crippen molar-refractivity contribution in [3.05, 3.63) is 35.4 Å². The van der Waals surface area contributed by atoms with Crippen LogP contribution in [0.1, 0.15) is 43.4 Å². The minimum absolute atomic E-state index is 0.161. The summed E-state index contributed by atoms with van der Waals surface area (Å²) in [7, 11) is 0. The molecule has 2 atom stereocenters. The van der Waals surface area contributed by atoms with Crippen LogP contribution in [0, 0.1) is 0 Å². The van der Waals surface area contributed by atoms with E-state index >= 15 is 0 Å². The summed E-state index contributed by atoms with van der Waals surface area (Å²) in [5, 5.41) is 0. The van der Waals surface area contributed by atoms with Gasteiger partial charge in [0.25, 0.3) is 0 Å². The maximum absolute atomic E-state index is 12.8. The summed E-state index contributed by atoms with van der Waals surface area (Å²) < 4.78 is 5.56. The van der Waals surface area contributed by atoms with Gasteiger partial charge in [-0.25, -0.2) is 0 Å². The average molecular weight is 314 g/mol. The summed E-state index contributed by atoms with van der Waals surface area (Å²) in [6.07, 6.45) is 4.95. The third-order valence-electron chi connectivity index (χ3n) is 5.43. The molecule has 4 nitrogen and oxygen atoms in total. The quantitative estimate of drug-likeness (QED) is 0.855. The topological polar surface area (TPSA) is 32.8 Å². The Morgan fingerprint density at radius 2 is 2.13 bits per heavy atom. The number of carbonyl (C=O) groups excluding carboxylic acids is 1. The zero-order valence-corrected chi connectivity index (χ0v) is 13.9. The Balaban J connectivity index is 1.48. The van der Waals surface area contributed by atoms with Crippen LogP contribution in [0.3, 0.4) is 0 Å². The van der Waals surface area contributed by atoms with E-state index in [1.165, 1.54) is 24.0 Å². The molecule has 1 aromatic rings. The van der Waals surface area contributed by atoms with Gasteiger partial charge in [-0.15, -0.1) is 0 Å². The Hall–Kier alpha value is -1.39.